The van der Waals surface area contributed by atoms with E-state index < -0.39 is 0 Å². The summed E-state index contributed by atoms with van der Waals surface area (Å²) in [5, 5.41) is 18.8. The predicted molar refractivity (Wildman–Crippen MR) is 53.3 cm³/mol. The molecule has 0 aliphatic heterocycles. The van der Waals surface area contributed by atoms with Gasteiger partial charge in [-0.25, -0.2) is 0 Å². The Bertz CT molecular complexity index is 175. The maximum atomic E-state index is 9.97. The van der Waals surface area contributed by atoms with Gasteiger partial charge in [0.2, 0.25) is 0 Å². The Labute approximate surface area is 80.3 Å². The first kappa shape index (κ1) is 10.7. The van der Waals surface area contributed by atoms with Crippen LogP contribution in [-0.2, 0) is 0 Å². The molecular weight excluding hydrogens is 164 g/mol. The van der Waals surface area contributed by atoms with Crippen LogP contribution in [-0.4, -0.2) is 22.9 Å². The van der Waals surface area contributed by atoms with E-state index >= 15 is 0 Å². The lowest BCUT2D eigenvalue weighted by atomic mass is 9.76. The SMILES string of the molecule is CC(C)[C@@H]1CC=C[C@@H](CCO)[C@H]1O. The van der Waals surface area contributed by atoms with Gasteiger partial charge in [0.05, 0.1) is 6.10 Å². The fourth-order valence-electron chi connectivity index (χ4n) is 2.06. The van der Waals surface area contributed by atoms with Crippen LogP contribution in [0.25, 0.3) is 0 Å². The Morgan fingerprint density at radius 1 is 1.46 bits per heavy atom. The van der Waals surface area contributed by atoms with E-state index in [0.29, 0.717) is 18.3 Å². The van der Waals surface area contributed by atoms with Crippen LogP contribution >= 0.6 is 0 Å². The molecule has 3 atom stereocenters. The van der Waals surface area contributed by atoms with Gasteiger partial charge in [0, 0.05) is 12.5 Å². The normalized spacial score (nSPS) is 34.1. The summed E-state index contributed by atoms with van der Waals surface area (Å²) in [4.78, 5) is 0. The molecule has 0 fully saturated rings. The third kappa shape index (κ3) is 2.55. The summed E-state index contributed by atoms with van der Waals surface area (Å²) >= 11 is 0. The number of hydrogen-bond acceptors (Lipinski definition) is 2. The average Bonchev–Trinajstić information content (AvgIpc) is 2.08. The van der Waals surface area contributed by atoms with Crippen molar-refractivity contribution in [3.8, 4) is 0 Å². The molecule has 0 bridgehead atoms. The molecular formula is C11H20O2. The van der Waals surface area contributed by atoms with Crippen molar-refractivity contribution in [3.63, 3.8) is 0 Å². The van der Waals surface area contributed by atoms with Crippen LogP contribution in [0.3, 0.4) is 0 Å². The molecule has 1 aliphatic rings. The minimum atomic E-state index is -0.267. The van der Waals surface area contributed by atoms with Gasteiger partial charge in [-0.05, 0) is 24.7 Å². The van der Waals surface area contributed by atoms with E-state index in [1.54, 1.807) is 0 Å². The topological polar surface area (TPSA) is 40.5 Å². The Balaban J connectivity index is 2.59. The average molecular weight is 184 g/mol. The summed E-state index contributed by atoms with van der Waals surface area (Å²) in [6, 6.07) is 0. The summed E-state index contributed by atoms with van der Waals surface area (Å²) in [5.41, 5.74) is 0. The third-order valence-electron chi connectivity index (χ3n) is 2.99. The maximum Gasteiger partial charge on any atom is 0.0637 e. The molecule has 0 unspecified atom stereocenters. The van der Waals surface area contributed by atoms with Crippen LogP contribution in [0.1, 0.15) is 26.7 Å². The third-order valence-corrected chi connectivity index (χ3v) is 2.99. The molecule has 0 amide bonds. The Hall–Kier alpha value is -0.340. The van der Waals surface area contributed by atoms with Crippen LogP contribution in [0.4, 0.5) is 0 Å². The highest BCUT2D eigenvalue weighted by Gasteiger charge is 2.29. The van der Waals surface area contributed by atoms with E-state index in [0.717, 1.165) is 6.42 Å². The van der Waals surface area contributed by atoms with Gasteiger partial charge in [-0.15, -0.1) is 0 Å². The minimum Gasteiger partial charge on any atom is -0.396 e. The molecule has 0 aromatic heterocycles. The molecule has 0 saturated heterocycles. The predicted octanol–water partition coefficient (Wildman–Crippen LogP) is 1.58. The van der Waals surface area contributed by atoms with Gasteiger partial charge >= 0.3 is 0 Å². The van der Waals surface area contributed by atoms with Crippen molar-refractivity contribution >= 4 is 0 Å². The molecule has 1 aliphatic carbocycles. The van der Waals surface area contributed by atoms with Gasteiger partial charge in [0.1, 0.15) is 0 Å². The molecule has 2 nitrogen and oxygen atoms in total. The zero-order valence-electron chi connectivity index (χ0n) is 8.48. The van der Waals surface area contributed by atoms with Crippen LogP contribution in [0.5, 0.6) is 0 Å². The largest absolute Gasteiger partial charge is 0.396 e. The van der Waals surface area contributed by atoms with Crippen molar-refractivity contribution in [2.75, 3.05) is 6.61 Å². The number of hydrogen-bond donors (Lipinski definition) is 2. The maximum absolute atomic E-state index is 9.97. The highest BCUT2D eigenvalue weighted by Crippen LogP contribution is 2.31. The van der Waals surface area contributed by atoms with E-state index in [4.69, 9.17) is 5.11 Å². The van der Waals surface area contributed by atoms with Gasteiger partial charge in [-0.3, -0.25) is 0 Å². The van der Waals surface area contributed by atoms with E-state index in [2.05, 4.69) is 19.9 Å². The Morgan fingerprint density at radius 2 is 2.15 bits per heavy atom. The fraction of sp³-hybridized carbons (Fsp3) is 0.818. The van der Waals surface area contributed by atoms with Crippen LogP contribution in [0.15, 0.2) is 12.2 Å². The molecule has 13 heavy (non-hydrogen) atoms. The number of rotatable bonds is 3. The fourth-order valence-corrected chi connectivity index (χ4v) is 2.06. The summed E-state index contributed by atoms with van der Waals surface area (Å²) in [6.45, 7) is 4.45. The molecule has 0 aromatic rings. The van der Waals surface area contributed by atoms with Crippen LogP contribution in [0, 0.1) is 17.8 Å². The standard InChI is InChI=1S/C11H20O2/c1-8(2)10-5-3-4-9(6-7-12)11(10)13/h3-4,8-13H,5-7H2,1-2H3/t9-,10-,11+/m0/s1. The van der Waals surface area contributed by atoms with Crippen molar-refractivity contribution in [2.24, 2.45) is 17.8 Å². The molecule has 0 spiro atoms. The zero-order chi connectivity index (χ0) is 9.84. The molecule has 2 heteroatoms. The van der Waals surface area contributed by atoms with Crippen LogP contribution < -0.4 is 0 Å². The molecule has 0 saturated carbocycles. The summed E-state index contributed by atoms with van der Waals surface area (Å²) < 4.78 is 0. The van der Waals surface area contributed by atoms with E-state index in [-0.39, 0.29) is 18.6 Å². The van der Waals surface area contributed by atoms with Gasteiger partial charge < -0.3 is 10.2 Å². The first-order chi connectivity index (χ1) is 6.16. The number of aliphatic hydroxyl groups excluding tert-OH is 2. The lowest BCUT2D eigenvalue weighted by Crippen LogP contribution is -2.34. The Kier molecular flexibility index (Phi) is 3.94. The van der Waals surface area contributed by atoms with Crippen molar-refractivity contribution < 1.29 is 10.2 Å². The lowest BCUT2D eigenvalue weighted by Gasteiger charge is -2.33. The van der Waals surface area contributed by atoms with E-state index in [1.807, 2.05) is 6.08 Å². The molecule has 76 valence electrons. The summed E-state index contributed by atoms with van der Waals surface area (Å²) in [7, 11) is 0. The second-order valence-electron chi connectivity index (χ2n) is 4.24. The smallest absolute Gasteiger partial charge is 0.0637 e. The van der Waals surface area contributed by atoms with Crippen LogP contribution in [0.2, 0.25) is 0 Å². The van der Waals surface area contributed by atoms with Crippen molar-refractivity contribution in [3.05, 3.63) is 12.2 Å². The molecule has 0 aromatic carbocycles. The number of aliphatic hydroxyl groups is 2. The molecule has 2 N–H and O–H groups in total. The molecule has 0 heterocycles. The second kappa shape index (κ2) is 4.77. The first-order valence-corrected chi connectivity index (χ1v) is 5.12. The monoisotopic (exact) mass is 184 g/mol. The molecule has 1 rings (SSSR count). The molecule has 0 radical (unpaired) electrons. The zero-order valence-corrected chi connectivity index (χ0v) is 8.48. The van der Waals surface area contributed by atoms with E-state index in [9.17, 15) is 5.11 Å². The summed E-state index contributed by atoms with van der Waals surface area (Å²) in [5.74, 6) is 1.04. The van der Waals surface area contributed by atoms with Crippen molar-refractivity contribution in [2.45, 2.75) is 32.8 Å². The quantitative estimate of drug-likeness (QED) is 0.654. The van der Waals surface area contributed by atoms with Gasteiger partial charge in [-0.1, -0.05) is 26.0 Å². The lowest BCUT2D eigenvalue weighted by molar-refractivity contribution is 0.0321. The number of allylic oxidation sites excluding steroid dienone is 1. The second-order valence-corrected chi connectivity index (χ2v) is 4.24. The van der Waals surface area contributed by atoms with Gasteiger partial charge in [-0.2, -0.15) is 0 Å². The highest BCUT2D eigenvalue weighted by atomic mass is 16.3. The highest BCUT2D eigenvalue weighted by molar-refractivity contribution is 5.01. The van der Waals surface area contributed by atoms with Gasteiger partial charge in [0.25, 0.3) is 0 Å². The van der Waals surface area contributed by atoms with E-state index in [1.165, 1.54) is 0 Å². The first-order valence-electron chi connectivity index (χ1n) is 5.12. The van der Waals surface area contributed by atoms with Crippen molar-refractivity contribution in [1.29, 1.82) is 0 Å². The van der Waals surface area contributed by atoms with Gasteiger partial charge in [0.15, 0.2) is 0 Å². The summed E-state index contributed by atoms with van der Waals surface area (Å²) in [6.07, 6.45) is 5.57. The minimum absolute atomic E-state index is 0.158. The van der Waals surface area contributed by atoms with Crippen molar-refractivity contribution in [1.82, 2.24) is 0 Å². The Morgan fingerprint density at radius 3 is 2.69 bits per heavy atom.